The van der Waals surface area contributed by atoms with Crippen LogP contribution >= 0.6 is 0 Å². The van der Waals surface area contributed by atoms with Gasteiger partial charge in [0.25, 0.3) is 0 Å². The van der Waals surface area contributed by atoms with Crippen molar-refractivity contribution in [1.82, 2.24) is 0 Å². The Morgan fingerprint density at radius 1 is 1.29 bits per heavy atom. The molecule has 0 saturated heterocycles. The van der Waals surface area contributed by atoms with E-state index in [0.717, 1.165) is 5.56 Å². The molecule has 0 unspecified atom stereocenters. The van der Waals surface area contributed by atoms with E-state index in [1.54, 1.807) is 6.08 Å². The first kappa shape index (κ1) is 11.6. The van der Waals surface area contributed by atoms with E-state index >= 15 is 0 Å². The van der Waals surface area contributed by atoms with E-state index in [-0.39, 0.29) is 17.7 Å². The maximum absolute atomic E-state index is 11.7. The zero-order valence-corrected chi connectivity index (χ0v) is 9.63. The molecule has 1 aliphatic rings. The number of esters is 1. The lowest BCUT2D eigenvalue weighted by molar-refractivity contribution is -0.146. The predicted molar refractivity (Wildman–Crippen MR) is 63.3 cm³/mol. The van der Waals surface area contributed by atoms with Gasteiger partial charge in [0, 0.05) is 6.92 Å². The highest BCUT2D eigenvalue weighted by atomic mass is 16.5. The third-order valence-corrected chi connectivity index (χ3v) is 2.81. The fourth-order valence-corrected chi connectivity index (χ4v) is 2.01. The van der Waals surface area contributed by atoms with Crippen LogP contribution in [0, 0.1) is 5.92 Å². The molecular formula is C14H14O3. The molecule has 0 aliphatic heterocycles. The van der Waals surface area contributed by atoms with Crippen molar-refractivity contribution in [3.63, 3.8) is 0 Å². The maximum Gasteiger partial charge on any atom is 0.303 e. The second kappa shape index (κ2) is 4.95. The number of hydrogen-bond donors (Lipinski definition) is 0. The summed E-state index contributed by atoms with van der Waals surface area (Å²) in [6.07, 6.45) is 3.35. The highest BCUT2D eigenvalue weighted by Crippen LogP contribution is 2.23. The first-order valence-electron chi connectivity index (χ1n) is 5.60. The molecule has 0 fully saturated rings. The molecule has 0 saturated carbocycles. The number of allylic oxidation sites excluding steroid dienone is 1. The summed E-state index contributed by atoms with van der Waals surface area (Å²) < 4.78 is 5.12. The van der Waals surface area contributed by atoms with Gasteiger partial charge in [-0.3, -0.25) is 9.59 Å². The monoisotopic (exact) mass is 230 g/mol. The lowest BCUT2D eigenvalue weighted by atomic mass is 9.94. The summed E-state index contributed by atoms with van der Waals surface area (Å²) in [6.45, 7) is 1.36. The topological polar surface area (TPSA) is 43.4 Å². The van der Waals surface area contributed by atoms with E-state index in [1.165, 1.54) is 13.0 Å². The van der Waals surface area contributed by atoms with E-state index < -0.39 is 6.10 Å². The first-order valence-corrected chi connectivity index (χ1v) is 5.60. The van der Waals surface area contributed by atoms with Crippen molar-refractivity contribution in [1.29, 1.82) is 0 Å². The summed E-state index contributed by atoms with van der Waals surface area (Å²) >= 11 is 0. The third kappa shape index (κ3) is 2.81. The lowest BCUT2D eigenvalue weighted by Crippen LogP contribution is -2.27. The van der Waals surface area contributed by atoms with Gasteiger partial charge in [-0.05, 0) is 24.1 Å². The molecule has 88 valence electrons. The van der Waals surface area contributed by atoms with Gasteiger partial charge in [0.15, 0.2) is 5.78 Å². The highest BCUT2D eigenvalue weighted by Gasteiger charge is 2.32. The normalized spacial score (nSPS) is 22.8. The first-order chi connectivity index (χ1) is 8.16. The second-order valence-electron chi connectivity index (χ2n) is 4.13. The Bertz CT molecular complexity index is 448. The Hall–Kier alpha value is -1.90. The molecule has 0 heterocycles. The zero-order valence-electron chi connectivity index (χ0n) is 9.63. The molecule has 0 aromatic heterocycles. The molecule has 2 atom stereocenters. The van der Waals surface area contributed by atoms with Crippen molar-refractivity contribution in [2.75, 3.05) is 0 Å². The number of carbonyl (C=O) groups is 2. The Labute approximate surface area is 100 Å². The van der Waals surface area contributed by atoms with Gasteiger partial charge in [0.1, 0.15) is 6.10 Å². The second-order valence-corrected chi connectivity index (χ2v) is 4.13. The molecule has 17 heavy (non-hydrogen) atoms. The summed E-state index contributed by atoms with van der Waals surface area (Å²) in [6, 6.07) is 9.74. The number of ether oxygens (including phenoxy) is 1. The summed E-state index contributed by atoms with van der Waals surface area (Å²) in [5, 5.41) is 0. The van der Waals surface area contributed by atoms with Crippen molar-refractivity contribution in [2.24, 2.45) is 5.92 Å². The summed E-state index contributed by atoms with van der Waals surface area (Å²) in [5.74, 6) is -0.603. The Kier molecular flexibility index (Phi) is 3.38. The van der Waals surface area contributed by atoms with Crippen LogP contribution in [0.3, 0.4) is 0 Å². The highest BCUT2D eigenvalue weighted by molar-refractivity contribution is 5.95. The molecule has 0 N–H and O–H groups in total. The number of rotatable bonds is 3. The number of ketones is 1. The summed E-state index contributed by atoms with van der Waals surface area (Å²) in [5.41, 5.74) is 1.08. The van der Waals surface area contributed by atoms with Gasteiger partial charge in [-0.2, -0.15) is 0 Å². The van der Waals surface area contributed by atoms with Gasteiger partial charge in [0.2, 0.25) is 0 Å². The van der Waals surface area contributed by atoms with Crippen LogP contribution in [0.15, 0.2) is 42.5 Å². The Balaban J connectivity index is 2.08. The van der Waals surface area contributed by atoms with Crippen LogP contribution < -0.4 is 0 Å². The van der Waals surface area contributed by atoms with E-state index in [9.17, 15) is 9.59 Å². The quantitative estimate of drug-likeness (QED) is 0.745. The SMILES string of the molecule is CC(=O)O[C@@H]1C=CC(=O)[C@H]1Cc1ccccc1. The van der Waals surface area contributed by atoms with E-state index in [0.29, 0.717) is 6.42 Å². The van der Waals surface area contributed by atoms with Gasteiger partial charge in [-0.25, -0.2) is 0 Å². The molecule has 1 aromatic rings. The van der Waals surface area contributed by atoms with Crippen molar-refractivity contribution >= 4 is 11.8 Å². The molecule has 1 aromatic carbocycles. The van der Waals surface area contributed by atoms with Crippen molar-refractivity contribution in [3.05, 3.63) is 48.0 Å². The van der Waals surface area contributed by atoms with Crippen LogP contribution in [0.2, 0.25) is 0 Å². The lowest BCUT2D eigenvalue weighted by Gasteiger charge is -2.17. The zero-order chi connectivity index (χ0) is 12.3. The molecule has 0 amide bonds. The van der Waals surface area contributed by atoms with Crippen LogP contribution in [0.1, 0.15) is 12.5 Å². The van der Waals surface area contributed by atoms with E-state index in [1.807, 2.05) is 30.3 Å². The van der Waals surface area contributed by atoms with Crippen LogP contribution in [0.25, 0.3) is 0 Å². The smallest absolute Gasteiger partial charge is 0.303 e. The molecule has 1 aliphatic carbocycles. The summed E-state index contributed by atoms with van der Waals surface area (Å²) in [4.78, 5) is 22.6. The Morgan fingerprint density at radius 3 is 2.65 bits per heavy atom. The third-order valence-electron chi connectivity index (χ3n) is 2.81. The van der Waals surface area contributed by atoms with Crippen LogP contribution in [-0.4, -0.2) is 17.9 Å². The minimum atomic E-state index is -0.416. The van der Waals surface area contributed by atoms with Crippen molar-refractivity contribution in [2.45, 2.75) is 19.4 Å². The fourth-order valence-electron chi connectivity index (χ4n) is 2.01. The van der Waals surface area contributed by atoms with E-state index in [4.69, 9.17) is 4.74 Å². The van der Waals surface area contributed by atoms with Crippen LogP contribution in [0.4, 0.5) is 0 Å². The maximum atomic E-state index is 11.7. The largest absolute Gasteiger partial charge is 0.458 e. The average molecular weight is 230 g/mol. The van der Waals surface area contributed by atoms with Crippen LogP contribution in [-0.2, 0) is 20.7 Å². The van der Waals surface area contributed by atoms with Crippen LogP contribution in [0.5, 0.6) is 0 Å². The van der Waals surface area contributed by atoms with E-state index in [2.05, 4.69) is 0 Å². The number of benzene rings is 1. The number of carbonyl (C=O) groups excluding carboxylic acids is 2. The van der Waals surface area contributed by atoms with Crippen molar-refractivity contribution < 1.29 is 14.3 Å². The van der Waals surface area contributed by atoms with Gasteiger partial charge < -0.3 is 4.74 Å². The van der Waals surface area contributed by atoms with Gasteiger partial charge in [-0.1, -0.05) is 30.3 Å². The molecule has 0 radical (unpaired) electrons. The average Bonchev–Trinajstić information content (AvgIpc) is 2.62. The molecule has 3 heteroatoms. The standard InChI is InChI=1S/C14H14O3/c1-10(15)17-14-8-7-13(16)12(14)9-11-5-3-2-4-6-11/h2-8,12,14H,9H2,1H3/t12-,14-/m1/s1. The molecule has 3 nitrogen and oxygen atoms in total. The fraction of sp³-hybridized carbons (Fsp3) is 0.286. The molecule has 0 bridgehead atoms. The van der Waals surface area contributed by atoms with Crippen molar-refractivity contribution in [3.8, 4) is 0 Å². The van der Waals surface area contributed by atoms with Gasteiger partial charge >= 0.3 is 5.97 Å². The minimum absolute atomic E-state index is 0.0279. The minimum Gasteiger partial charge on any atom is -0.458 e. The van der Waals surface area contributed by atoms with Gasteiger partial charge in [0.05, 0.1) is 5.92 Å². The molecule has 2 rings (SSSR count). The summed E-state index contributed by atoms with van der Waals surface area (Å²) in [7, 11) is 0. The molecule has 0 spiro atoms. The predicted octanol–water partition coefficient (Wildman–Crippen LogP) is 1.92. The van der Waals surface area contributed by atoms with Gasteiger partial charge in [-0.15, -0.1) is 0 Å². The number of hydrogen-bond acceptors (Lipinski definition) is 3. The Morgan fingerprint density at radius 2 is 2.00 bits per heavy atom. The molecular weight excluding hydrogens is 216 g/mol.